The van der Waals surface area contributed by atoms with Crippen molar-refractivity contribution in [2.45, 2.75) is 12.6 Å². The standard InChI is InChI=1S/C15H19N3O3/c1-17(10-13-11-20-6-7-21-13)9-12-8-15(19)18-5-3-2-4-14(18)16-12/h2-5,8,13H,6-7,9-11H2,1H3. The van der Waals surface area contributed by atoms with Gasteiger partial charge in [-0.15, -0.1) is 0 Å². The van der Waals surface area contributed by atoms with Crippen LogP contribution in [0.15, 0.2) is 35.3 Å². The van der Waals surface area contributed by atoms with Crippen LogP contribution in [0.3, 0.4) is 0 Å². The van der Waals surface area contributed by atoms with E-state index < -0.39 is 0 Å². The summed E-state index contributed by atoms with van der Waals surface area (Å²) in [5, 5.41) is 0. The van der Waals surface area contributed by atoms with Crippen molar-refractivity contribution in [2.24, 2.45) is 0 Å². The molecular weight excluding hydrogens is 270 g/mol. The molecule has 2 aromatic rings. The first-order valence-electron chi connectivity index (χ1n) is 7.07. The minimum atomic E-state index is -0.0544. The zero-order chi connectivity index (χ0) is 14.7. The van der Waals surface area contributed by atoms with Gasteiger partial charge in [0, 0.05) is 25.4 Å². The van der Waals surface area contributed by atoms with Crippen molar-refractivity contribution >= 4 is 5.65 Å². The SMILES string of the molecule is CN(Cc1cc(=O)n2ccccc2n1)CC1COCCO1. The molecule has 0 aliphatic carbocycles. The van der Waals surface area contributed by atoms with Crippen LogP contribution in [-0.2, 0) is 16.0 Å². The fraction of sp³-hybridized carbons (Fsp3) is 0.467. The van der Waals surface area contributed by atoms with Crippen LogP contribution in [0, 0.1) is 0 Å². The quantitative estimate of drug-likeness (QED) is 0.822. The second kappa shape index (κ2) is 6.34. The summed E-state index contributed by atoms with van der Waals surface area (Å²) in [5.74, 6) is 0. The van der Waals surface area contributed by atoms with Crippen molar-refractivity contribution in [1.29, 1.82) is 0 Å². The fourth-order valence-corrected chi connectivity index (χ4v) is 2.51. The van der Waals surface area contributed by atoms with Crippen LogP contribution >= 0.6 is 0 Å². The Morgan fingerprint density at radius 3 is 3.14 bits per heavy atom. The van der Waals surface area contributed by atoms with E-state index in [1.165, 1.54) is 0 Å². The lowest BCUT2D eigenvalue weighted by molar-refractivity contribution is -0.0963. The van der Waals surface area contributed by atoms with Crippen molar-refractivity contribution in [2.75, 3.05) is 33.4 Å². The summed E-state index contributed by atoms with van der Waals surface area (Å²) in [5.41, 5.74) is 1.39. The molecule has 0 radical (unpaired) electrons. The number of ether oxygens (including phenoxy) is 2. The van der Waals surface area contributed by atoms with Crippen molar-refractivity contribution < 1.29 is 9.47 Å². The molecule has 6 heteroatoms. The number of hydrogen-bond donors (Lipinski definition) is 0. The molecule has 0 aromatic carbocycles. The Kier molecular flexibility index (Phi) is 4.28. The first-order valence-corrected chi connectivity index (χ1v) is 7.07. The van der Waals surface area contributed by atoms with Gasteiger partial charge in [0.1, 0.15) is 5.65 Å². The van der Waals surface area contributed by atoms with Gasteiger partial charge in [-0.3, -0.25) is 14.1 Å². The largest absolute Gasteiger partial charge is 0.376 e. The monoisotopic (exact) mass is 289 g/mol. The summed E-state index contributed by atoms with van der Waals surface area (Å²) in [6, 6.07) is 7.12. The minimum Gasteiger partial charge on any atom is -0.376 e. The zero-order valence-electron chi connectivity index (χ0n) is 12.1. The van der Waals surface area contributed by atoms with E-state index >= 15 is 0 Å². The van der Waals surface area contributed by atoms with E-state index in [0.717, 1.165) is 12.2 Å². The first kappa shape index (κ1) is 14.2. The number of aromatic nitrogens is 2. The Morgan fingerprint density at radius 2 is 2.33 bits per heavy atom. The van der Waals surface area contributed by atoms with Crippen molar-refractivity contribution in [3.05, 3.63) is 46.5 Å². The zero-order valence-corrected chi connectivity index (χ0v) is 12.1. The van der Waals surface area contributed by atoms with Crippen molar-refractivity contribution in [3.8, 4) is 0 Å². The van der Waals surface area contributed by atoms with Gasteiger partial charge in [0.05, 0.1) is 31.6 Å². The molecule has 3 rings (SSSR count). The highest BCUT2D eigenvalue weighted by Gasteiger charge is 2.17. The van der Waals surface area contributed by atoms with Gasteiger partial charge in [-0.25, -0.2) is 4.98 Å². The first-order chi connectivity index (χ1) is 10.2. The molecule has 3 heterocycles. The van der Waals surface area contributed by atoms with E-state index in [1.54, 1.807) is 16.7 Å². The topological polar surface area (TPSA) is 56.1 Å². The van der Waals surface area contributed by atoms with Crippen LogP contribution in [0.5, 0.6) is 0 Å². The fourth-order valence-electron chi connectivity index (χ4n) is 2.51. The number of rotatable bonds is 4. The summed E-state index contributed by atoms with van der Waals surface area (Å²) in [7, 11) is 1.99. The van der Waals surface area contributed by atoms with Gasteiger partial charge in [-0.1, -0.05) is 6.07 Å². The van der Waals surface area contributed by atoms with E-state index in [0.29, 0.717) is 32.0 Å². The summed E-state index contributed by atoms with van der Waals surface area (Å²) in [4.78, 5) is 18.6. The van der Waals surface area contributed by atoms with Crippen molar-refractivity contribution in [3.63, 3.8) is 0 Å². The van der Waals surface area contributed by atoms with Crippen molar-refractivity contribution in [1.82, 2.24) is 14.3 Å². The molecule has 0 bridgehead atoms. The molecule has 2 aromatic heterocycles. The third-order valence-electron chi connectivity index (χ3n) is 3.46. The molecule has 0 spiro atoms. The summed E-state index contributed by atoms with van der Waals surface area (Å²) in [6.45, 7) is 3.31. The Labute approximate surface area is 122 Å². The van der Waals surface area contributed by atoms with Crippen LogP contribution < -0.4 is 5.56 Å². The molecule has 6 nitrogen and oxygen atoms in total. The maximum Gasteiger partial charge on any atom is 0.258 e. The smallest absolute Gasteiger partial charge is 0.258 e. The molecule has 1 aliphatic rings. The van der Waals surface area contributed by atoms with Crippen LogP contribution in [0.1, 0.15) is 5.69 Å². The predicted octanol–water partition coefficient (Wildman–Crippen LogP) is 0.542. The minimum absolute atomic E-state index is 0.0544. The summed E-state index contributed by atoms with van der Waals surface area (Å²) < 4.78 is 12.6. The third kappa shape index (κ3) is 3.47. The second-order valence-electron chi connectivity index (χ2n) is 5.28. The Bertz CT molecular complexity index is 665. The number of hydrogen-bond acceptors (Lipinski definition) is 5. The van der Waals surface area contributed by atoms with E-state index in [2.05, 4.69) is 9.88 Å². The molecular formula is C15H19N3O3. The average molecular weight is 289 g/mol. The lowest BCUT2D eigenvalue weighted by Gasteiger charge is -2.27. The summed E-state index contributed by atoms with van der Waals surface area (Å²) in [6.07, 6.45) is 1.82. The van der Waals surface area contributed by atoms with Crippen LogP contribution in [0.4, 0.5) is 0 Å². The molecule has 1 aliphatic heterocycles. The van der Waals surface area contributed by atoms with E-state index in [1.807, 2.05) is 25.2 Å². The van der Waals surface area contributed by atoms with Crippen LogP contribution in [0.2, 0.25) is 0 Å². The molecule has 0 N–H and O–H groups in total. The highest BCUT2D eigenvalue weighted by atomic mass is 16.6. The van der Waals surface area contributed by atoms with E-state index in [-0.39, 0.29) is 11.7 Å². The van der Waals surface area contributed by atoms with Crippen LogP contribution in [0.25, 0.3) is 5.65 Å². The van der Waals surface area contributed by atoms with Gasteiger partial charge in [0.2, 0.25) is 0 Å². The number of pyridine rings is 1. The second-order valence-corrected chi connectivity index (χ2v) is 5.28. The van der Waals surface area contributed by atoms with Gasteiger partial charge >= 0.3 is 0 Å². The Morgan fingerprint density at radius 1 is 1.43 bits per heavy atom. The molecule has 1 unspecified atom stereocenters. The predicted molar refractivity (Wildman–Crippen MR) is 78.4 cm³/mol. The molecule has 1 fully saturated rings. The Hall–Kier alpha value is -1.76. The van der Waals surface area contributed by atoms with Gasteiger partial charge in [0.15, 0.2) is 0 Å². The highest BCUT2D eigenvalue weighted by molar-refractivity contribution is 5.37. The van der Waals surface area contributed by atoms with E-state index in [9.17, 15) is 4.79 Å². The van der Waals surface area contributed by atoms with Gasteiger partial charge in [-0.2, -0.15) is 0 Å². The number of fused-ring (bicyclic) bond motifs is 1. The Balaban J connectivity index is 1.70. The van der Waals surface area contributed by atoms with Gasteiger partial charge in [-0.05, 0) is 19.2 Å². The lowest BCUT2D eigenvalue weighted by Crippen LogP contribution is -2.38. The van der Waals surface area contributed by atoms with Gasteiger partial charge in [0.25, 0.3) is 5.56 Å². The molecule has 112 valence electrons. The third-order valence-corrected chi connectivity index (χ3v) is 3.46. The van der Waals surface area contributed by atoms with Gasteiger partial charge < -0.3 is 9.47 Å². The number of likely N-dealkylation sites (N-methyl/N-ethyl adjacent to an activating group) is 1. The molecule has 0 amide bonds. The maximum absolute atomic E-state index is 12.0. The highest BCUT2D eigenvalue weighted by Crippen LogP contribution is 2.06. The lowest BCUT2D eigenvalue weighted by atomic mass is 10.3. The molecule has 21 heavy (non-hydrogen) atoms. The molecule has 1 atom stereocenters. The average Bonchev–Trinajstić information content (AvgIpc) is 2.48. The normalized spacial score (nSPS) is 19.2. The van der Waals surface area contributed by atoms with Crippen LogP contribution in [-0.4, -0.2) is 53.8 Å². The molecule has 1 saturated heterocycles. The molecule has 0 saturated carbocycles. The summed E-state index contributed by atoms with van der Waals surface area (Å²) >= 11 is 0. The number of nitrogens with zero attached hydrogens (tertiary/aromatic N) is 3. The van der Waals surface area contributed by atoms with E-state index in [4.69, 9.17) is 9.47 Å². The maximum atomic E-state index is 12.0.